The van der Waals surface area contributed by atoms with Crippen LogP contribution in [0.3, 0.4) is 0 Å². The van der Waals surface area contributed by atoms with E-state index < -0.39 is 244 Å². The van der Waals surface area contributed by atoms with Crippen molar-refractivity contribution in [2.24, 2.45) is 0 Å². The largest absolute Gasteiger partial charge is 0.481 e. The smallest absolute Gasteiger partial charge is 0.387 e. The second-order valence-corrected chi connectivity index (χ2v) is 39.7. The Bertz CT molecular complexity index is 6310. The SMILES string of the molecule is O=c1ccn([C@@H]2O[C@H](COP(=O)(O)OP(=O)(O)O)[C@H](O)C2O)c(=O)n1CCc1ccc(F)cc1.O=c1ccn([C@@H]2O[C@H](COP(=O)(O)OP(=O)(O)O)[C@H](O)C2O)c(=O)n1CCc1cccc(F)c1.O=c1ccn([C@@H]2O[C@H](COP(=O)(O)OP(=O)(O)O)[C@H](O)C2O)c(=O)n1CCc1ccccc1.O=c1ccn([C@@H]2O[C@H](COP(=O)(O)OP(=O)(O)O)[C@H](O)C2O)c(=O)n1Cc1ccccc1. The molecule has 8 aromatic rings. The molecule has 4 aromatic carbocycles. The molecule has 4 aliphatic heterocycles. The van der Waals surface area contributed by atoms with Crippen molar-refractivity contribution in [2.45, 2.75) is 144 Å². The highest BCUT2D eigenvalue weighted by Gasteiger charge is 2.51. The van der Waals surface area contributed by atoms with Crippen LogP contribution in [0.1, 0.15) is 47.2 Å². The Labute approximate surface area is 740 Å². The first-order valence-corrected chi connectivity index (χ1v) is 49.8. The van der Waals surface area contributed by atoms with Gasteiger partial charge < -0.3 is 119 Å². The lowest BCUT2D eigenvalue weighted by Crippen LogP contribution is -2.43. The number of phosphoric ester groups is 4. The molecular weight excluding hydrogens is 1970 g/mol. The van der Waals surface area contributed by atoms with Crippen molar-refractivity contribution in [3.05, 3.63) is 275 Å². The lowest BCUT2D eigenvalue weighted by molar-refractivity contribution is -0.0548. The van der Waals surface area contributed by atoms with Gasteiger partial charge in [-0.1, -0.05) is 84.9 Å². The van der Waals surface area contributed by atoms with Crippen LogP contribution in [0, 0.1) is 11.6 Å². The van der Waals surface area contributed by atoms with Crippen molar-refractivity contribution in [2.75, 3.05) is 26.4 Å². The van der Waals surface area contributed by atoms with Crippen LogP contribution in [-0.2, 0) is 136 Å². The van der Waals surface area contributed by atoms with Gasteiger partial charge in [0.05, 0.1) is 33.0 Å². The number of ether oxygens (including phenoxy) is 4. The summed E-state index contributed by atoms with van der Waals surface area (Å²) < 4.78 is 176. The Morgan fingerprint density at radius 3 is 0.812 bits per heavy atom. The predicted octanol–water partition coefficient (Wildman–Crippen LogP) is -3.52. The monoisotopic (exact) mass is 2050 g/mol. The molecule has 4 aliphatic rings. The topological polar surface area (TPSA) is 828 Å². The van der Waals surface area contributed by atoms with Crippen LogP contribution in [0.15, 0.2) is 197 Å². The first-order chi connectivity index (χ1) is 61.8. The first-order valence-electron chi connectivity index (χ1n) is 37.7. The number of rotatable bonds is 35. The Kier molecular flexibility index (Phi) is 37.2. The maximum Gasteiger partial charge on any atom is 0.481 e. The van der Waals surface area contributed by atoms with Gasteiger partial charge in [-0.15, -0.1) is 0 Å². The number of aryl methyl sites for hydroxylation is 3. The third kappa shape index (κ3) is 31.3. The van der Waals surface area contributed by atoms with Crippen molar-refractivity contribution >= 4 is 62.6 Å². The lowest BCUT2D eigenvalue weighted by atomic mass is 10.1. The fourth-order valence-electron chi connectivity index (χ4n) is 12.8. The van der Waals surface area contributed by atoms with Gasteiger partial charge >= 0.3 is 85.3 Å². The van der Waals surface area contributed by atoms with Crippen LogP contribution in [0.2, 0.25) is 0 Å². The number of hydrogen-bond acceptors (Lipinski definition) is 36. The molecule has 4 aromatic heterocycles. The number of aliphatic hydroxyl groups excluding tert-OH is 8. The molecule has 20 atom stereocenters. The number of benzene rings is 4. The minimum Gasteiger partial charge on any atom is -0.387 e. The summed E-state index contributed by atoms with van der Waals surface area (Å²) in [6, 6.07) is 32.9. The average Bonchev–Trinajstić information content (AvgIpc) is 1.67. The van der Waals surface area contributed by atoms with Gasteiger partial charge in [-0.05, 0) is 65.8 Å². The Hall–Kier alpha value is -7.98. The zero-order chi connectivity index (χ0) is 98.6. The molecule has 4 fully saturated rings. The molecule has 734 valence electrons. The highest BCUT2D eigenvalue weighted by molar-refractivity contribution is 7.62. The quantitative estimate of drug-likeness (QED) is 0.0171. The van der Waals surface area contributed by atoms with Crippen LogP contribution in [0.25, 0.3) is 0 Å². The minimum absolute atomic E-state index is 0.0356. The number of halogens is 2. The van der Waals surface area contributed by atoms with E-state index in [-0.39, 0.29) is 39.0 Å². The molecule has 12 rings (SSSR count). The summed E-state index contributed by atoms with van der Waals surface area (Å²) in [5.74, 6) is -0.933. The van der Waals surface area contributed by atoms with Gasteiger partial charge in [0.15, 0.2) is 24.9 Å². The molecule has 0 amide bonds. The molecule has 56 nitrogen and oxygen atoms in total. The van der Waals surface area contributed by atoms with E-state index in [2.05, 4.69) is 35.3 Å². The Morgan fingerprint density at radius 2 is 0.534 bits per heavy atom. The molecule has 8 unspecified atom stereocenters. The molecule has 20 N–H and O–H groups in total. The van der Waals surface area contributed by atoms with Crippen LogP contribution in [0.5, 0.6) is 0 Å². The van der Waals surface area contributed by atoms with Gasteiger partial charge in [0, 0.05) is 68.7 Å². The predicted molar refractivity (Wildman–Crippen MR) is 435 cm³/mol. The van der Waals surface area contributed by atoms with Crippen LogP contribution in [0.4, 0.5) is 8.78 Å². The fraction of sp³-hybridized carbons (Fsp3) is 0.403. The highest BCUT2D eigenvalue weighted by Crippen LogP contribution is 2.61. The number of aromatic nitrogens is 8. The summed E-state index contributed by atoms with van der Waals surface area (Å²) >= 11 is 0. The van der Waals surface area contributed by atoms with Crippen molar-refractivity contribution in [1.82, 2.24) is 36.5 Å². The standard InChI is InChI=1S/2C17H21FN2O12P2.C17H22N2O12P2.C16H20N2O12P2/c18-11-3-1-10(2-4-11)5-7-19-13(21)6-8-20(17(19)24)16-15(23)14(22)12(31-16)9-30-34(28,29)32-33(25,26)27;18-11-3-1-2-10(8-11)4-6-19-13(21)5-7-20(17(19)24)16-15(23)14(22)12(31-16)9-30-34(28,29)32-33(25,26)27;20-13-7-9-19(17(23)18(13)8-6-11-4-2-1-3-5-11)16-15(22)14(21)12(30-16)10-29-33(27,28)31-32(24,25)26;19-12-6-7-17(16(22)18(12)8-10-4-2-1-3-5-10)15-14(21)13(20)11(29-15)9-28-32(26,27)30-31(23,24)25/h1-4,6,8,12,14-16,22-23H,5,7,9H2,(H,28,29)(H2,25,26,27);1-3,5,7-8,12,14-16,22-23H,4,6,9H2,(H,28,29)(H2,25,26,27);1-5,7,9,12,14-16,21-22H,6,8,10H2,(H,27,28)(H2,24,25,26);1-7,11,13-15,20-21H,8-9H2,(H,26,27)(H2,23,24,25)/t3*12-,14+,15?,16-;11-,13+,14?,15-/m1111/s1. The highest BCUT2D eigenvalue weighted by atomic mass is 31.3. The van der Waals surface area contributed by atoms with E-state index in [4.69, 9.17) is 58.1 Å². The lowest BCUT2D eigenvalue weighted by Gasteiger charge is -2.19. The van der Waals surface area contributed by atoms with E-state index in [1.165, 1.54) is 42.5 Å². The number of hydrogen-bond donors (Lipinski definition) is 20. The first kappa shape index (κ1) is 109. The second-order valence-electron chi connectivity index (χ2n) is 28.4. The third-order valence-electron chi connectivity index (χ3n) is 19.0. The molecule has 8 heterocycles. The molecule has 66 heteroatoms. The van der Waals surface area contributed by atoms with E-state index >= 15 is 0 Å². The van der Waals surface area contributed by atoms with Gasteiger partial charge in [0.2, 0.25) is 0 Å². The zero-order valence-electron chi connectivity index (χ0n) is 67.3. The van der Waals surface area contributed by atoms with Gasteiger partial charge in [-0.25, -0.2) is 64.5 Å². The fourth-order valence-corrected chi connectivity index (χ4v) is 19.2. The van der Waals surface area contributed by atoms with Crippen LogP contribution < -0.4 is 45.0 Å². The molecule has 0 saturated carbocycles. The van der Waals surface area contributed by atoms with E-state index in [1.807, 2.05) is 30.3 Å². The number of nitrogens with zero attached hydrogens (tertiary/aromatic N) is 8. The van der Waals surface area contributed by atoms with Crippen LogP contribution in [-0.4, -0.2) is 236 Å². The zero-order valence-corrected chi connectivity index (χ0v) is 74.5. The molecule has 133 heavy (non-hydrogen) atoms. The number of phosphoric acid groups is 8. The second kappa shape index (κ2) is 45.5. The molecular formula is C67H84F2N8O48P8. The summed E-state index contributed by atoms with van der Waals surface area (Å²) in [6.45, 7) is -3.97. The van der Waals surface area contributed by atoms with E-state index in [0.717, 1.165) is 91.2 Å². The molecule has 0 bridgehead atoms. The molecule has 0 aliphatic carbocycles. The number of aliphatic hydroxyl groups is 8. The summed E-state index contributed by atoms with van der Waals surface area (Å²) in [4.78, 5) is 206. The van der Waals surface area contributed by atoms with Crippen molar-refractivity contribution in [3.8, 4) is 0 Å². The van der Waals surface area contributed by atoms with E-state index in [0.29, 0.717) is 23.1 Å². The summed E-state index contributed by atoms with van der Waals surface area (Å²) in [7, 11) is -42.4. The van der Waals surface area contributed by atoms with E-state index in [1.54, 1.807) is 36.4 Å². The molecule has 4 saturated heterocycles. The minimum atomic E-state index is -5.37. The van der Waals surface area contributed by atoms with Gasteiger partial charge in [0.1, 0.15) is 84.9 Å². The Balaban J connectivity index is 0.000000199. The van der Waals surface area contributed by atoms with Crippen molar-refractivity contribution in [1.29, 1.82) is 0 Å². The third-order valence-corrected chi connectivity index (χ3v) is 27.6. The average molecular weight is 2060 g/mol. The van der Waals surface area contributed by atoms with Crippen molar-refractivity contribution in [3.63, 3.8) is 0 Å². The molecule has 0 radical (unpaired) electrons. The van der Waals surface area contributed by atoms with Gasteiger partial charge in [0.25, 0.3) is 22.2 Å². The van der Waals surface area contributed by atoms with Gasteiger partial charge in [-0.2, -0.15) is 17.2 Å². The van der Waals surface area contributed by atoms with Crippen molar-refractivity contribution < 1.29 is 199 Å². The Morgan fingerprint density at radius 1 is 0.286 bits per heavy atom. The normalized spacial score (nSPS) is 25.0. The molecule has 0 spiro atoms. The summed E-state index contributed by atoms with van der Waals surface area (Å²) in [6.07, 6.45) is -20.9. The maximum absolute atomic E-state index is 13.4. The van der Waals surface area contributed by atoms with Crippen LogP contribution >= 0.6 is 62.6 Å². The van der Waals surface area contributed by atoms with Gasteiger partial charge in [-0.3, -0.25) is 73.8 Å². The van der Waals surface area contributed by atoms with E-state index in [9.17, 15) is 144 Å². The summed E-state index contributed by atoms with van der Waals surface area (Å²) in [5.41, 5.74) is -3.31. The maximum atomic E-state index is 13.4. The summed E-state index contributed by atoms with van der Waals surface area (Å²) in [5, 5.41) is 81.9.